The molecule has 0 unspecified atom stereocenters. The minimum atomic E-state index is -3.00. The van der Waals surface area contributed by atoms with Crippen LogP contribution in [0.5, 0.6) is 0 Å². The van der Waals surface area contributed by atoms with Crippen molar-refractivity contribution in [3.63, 3.8) is 0 Å². The van der Waals surface area contributed by atoms with Gasteiger partial charge in [0, 0.05) is 26.4 Å². The highest BCUT2D eigenvalue weighted by atomic mass is 32.2. The summed E-state index contributed by atoms with van der Waals surface area (Å²) >= 11 is 0. The van der Waals surface area contributed by atoms with Crippen LogP contribution in [0.1, 0.15) is 11.1 Å². The van der Waals surface area contributed by atoms with Crippen molar-refractivity contribution in [3.8, 4) is 6.07 Å². The Labute approximate surface area is 108 Å². The number of anilines is 1. The second-order valence-corrected chi connectivity index (χ2v) is 6.48. The second kappa shape index (κ2) is 5.85. The van der Waals surface area contributed by atoms with Gasteiger partial charge in [-0.1, -0.05) is 6.07 Å². The summed E-state index contributed by atoms with van der Waals surface area (Å²) in [5.41, 5.74) is 7.62. The van der Waals surface area contributed by atoms with Crippen molar-refractivity contribution in [1.82, 2.24) is 0 Å². The van der Waals surface area contributed by atoms with Gasteiger partial charge in [-0.3, -0.25) is 0 Å². The summed E-state index contributed by atoms with van der Waals surface area (Å²) in [6.45, 7) is 0.734. The van der Waals surface area contributed by atoms with Gasteiger partial charge in [-0.25, -0.2) is 8.42 Å². The lowest BCUT2D eigenvalue weighted by molar-refractivity contribution is 0.601. The lowest BCUT2D eigenvalue weighted by Crippen LogP contribution is -2.25. The maximum Gasteiger partial charge on any atom is 0.149 e. The molecule has 1 aromatic rings. The molecule has 0 aliphatic carbocycles. The van der Waals surface area contributed by atoms with Gasteiger partial charge in [0.05, 0.1) is 17.0 Å². The Balaban J connectivity index is 2.92. The minimum absolute atomic E-state index is 0.0625. The zero-order valence-electron chi connectivity index (χ0n) is 10.5. The third-order valence-electron chi connectivity index (χ3n) is 2.63. The molecule has 0 atom stereocenters. The molecule has 0 bridgehead atoms. The summed E-state index contributed by atoms with van der Waals surface area (Å²) in [7, 11) is -1.24. The molecule has 0 heterocycles. The van der Waals surface area contributed by atoms with Crippen LogP contribution in [0.3, 0.4) is 0 Å². The van der Waals surface area contributed by atoms with E-state index >= 15 is 0 Å². The zero-order chi connectivity index (χ0) is 13.8. The number of hydrogen-bond acceptors (Lipinski definition) is 5. The van der Waals surface area contributed by atoms with E-state index in [4.69, 9.17) is 11.0 Å². The lowest BCUT2D eigenvalue weighted by atomic mass is 10.1. The summed E-state index contributed by atoms with van der Waals surface area (Å²) < 4.78 is 22.2. The van der Waals surface area contributed by atoms with Gasteiger partial charge in [0.1, 0.15) is 15.9 Å². The van der Waals surface area contributed by atoms with E-state index in [2.05, 4.69) is 6.07 Å². The Morgan fingerprint density at radius 1 is 1.44 bits per heavy atom. The van der Waals surface area contributed by atoms with Crippen LogP contribution in [0.25, 0.3) is 0 Å². The Morgan fingerprint density at radius 3 is 2.61 bits per heavy atom. The quantitative estimate of drug-likeness (QED) is 0.839. The molecule has 0 spiro atoms. The maximum atomic E-state index is 11.1. The smallest absolute Gasteiger partial charge is 0.149 e. The molecular formula is C12H17N3O2S. The first-order valence-corrected chi connectivity index (χ1v) is 7.55. The average Bonchev–Trinajstić information content (AvgIpc) is 2.34. The molecule has 98 valence electrons. The van der Waals surface area contributed by atoms with Crippen molar-refractivity contribution in [3.05, 3.63) is 29.3 Å². The van der Waals surface area contributed by atoms with Crippen LogP contribution >= 0.6 is 0 Å². The van der Waals surface area contributed by atoms with Gasteiger partial charge in [-0.05, 0) is 17.7 Å². The SMILES string of the molecule is CN(CCS(C)(=O)=O)c1ccc(CN)cc1C#N. The van der Waals surface area contributed by atoms with E-state index in [1.54, 1.807) is 24.1 Å². The Morgan fingerprint density at radius 2 is 2.11 bits per heavy atom. The summed E-state index contributed by atoms with van der Waals surface area (Å²) in [5, 5.41) is 9.08. The topological polar surface area (TPSA) is 87.2 Å². The van der Waals surface area contributed by atoms with Crippen LogP contribution in [0, 0.1) is 11.3 Å². The van der Waals surface area contributed by atoms with Crippen molar-refractivity contribution < 1.29 is 8.42 Å². The molecule has 0 aliphatic heterocycles. The highest BCUT2D eigenvalue weighted by molar-refractivity contribution is 7.90. The van der Waals surface area contributed by atoms with Gasteiger partial charge in [-0.15, -0.1) is 0 Å². The highest BCUT2D eigenvalue weighted by Crippen LogP contribution is 2.20. The van der Waals surface area contributed by atoms with Crippen LogP contribution in [0.2, 0.25) is 0 Å². The van der Waals surface area contributed by atoms with E-state index in [9.17, 15) is 8.42 Å². The molecule has 0 amide bonds. The third-order valence-corrected chi connectivity index (χ3v) is 3.55. The molecule has 0 aromatic heterocycles. The summed E-state index contributed by atoms with van der Waals surface area (Å²) in [6, 6.07) is 7.47. The summed E-state index contributed by atoms with van der Waals surface area (Å²) in [6.07, 6.45) is 1.20. The molecule has 0 fully saturated rings. The number of nitrogens with zero attached hydrogens (tertiary/aromatic N) is 2. The van der Waals surface area contributed by atoms with E-state index < -0.39 is 9.84 Å². The molecule has 0 aliphatic rings. The predicted molar refractivity (Wildman–Crippen MR) is 72.0 cm³/mol. The molecule has 6 heteroatoms. The first kappa shape index (κ1) is 14.5. The molecule has 1 aromatic carbocycles. The molecule has 2 N–H and O–H groups in total. The normalized spacial score (nSPS) is 11.0. The first-order chi connectivity index (χ1) is 8.37. The molecule has 0 radical (unpaired) electrons. The van der Waals surface area contributed by atoms with Gasteiger partial charge in [-0.2, -0.15) is 5.26 Å². The second-order valence-electron chi connectivity index (χ2n) is 4.22. The first-order valence-electron chi connectivity index (χ1n) is 5.49. The van der Waals surface area contributed by atoms with Crippen LogP contribution < -0.4 is 10.6 Å². The van der Waals surface area contributed by atoms with Crippen molar-refractivity contribution in [2.45, 2.75) is 6.54 Å². The third kappa shape index (κ3) is 4.02. The minimum Gasteiger partial charge on any atom is -0.373 e. The average molecular weight is 267 g/mol. The number of rotatable bonds is 5. The van der Waals surface area contributed by atoms with Crippen molar-refractivity contribution >= 4 is 15.5 Å². The highest BCUT2D eigenvalue weighted by Gasteiger charge is 2.10. The number of benzene rings is 1. The maximum absolute atomic E-state index is 11.1. The molecule has 0 saturated carbocycles. The van der Waals surface area contributed by atoms with Crippen LogP contribution in [0.4, 0.5) is 5.69 Å². The molecule has 5 nitrogen and oxygen atoms in total. The van der Waals surface area contributed by atoms with Crippen LogP contribution in [0.15, 0.2) is 18.2 Å². The summed E-state index contributed by atoms with van der Waals surface area (Å²) in [5.74, 6) is 0.0625. The van der Waals surface area contributed by atoms with Gasteiger partial charge in [0.15, 0.2) is 0 Å². The number of hydrogen-bond donors (Lipinski definition) is 1. The van der Waals surface area contributed by atoms with Gasteiger partial charge >= 0.3 is 0 Å². The largest absolute Gasteiger partial charge is 0.373 e. The fraction of sp³-hybridized carbons (Fsp3) is 0.417. The van der Waals surface area contributed by atoms with Crippen LogP contribution in [-0.2, 0) is 16.4 Å². The molecule has 18 heavy (non-hydrogen) atoms. The Kier molecular flexibility index (Phi) is 4.70. The van der Waals surface area contributed by atoms with Crippen molar-refractivity contribution in [2.24, 2.45) is 5.73 Å². The summed E-state index contributed by atoms with van der Waals surface area (Å²) in [4.78, 5) is 1.76. The number of sulfone groups is 1. The van der Waals surface area contributed by atoms with E-state index in [-0.39, 0.29) is 5.75 Å². The van der Waals surface area contributed by atoms with Gasteiger partial charge in [0.25, 0.3) is 0 Å². The standard InChI is InChI=1S/C12H17N3O2S/c1-15(5-6-18(2,16)17)12-4-3-10(8-13)7-11(12)9-14/h3-4,7H,5-6,8,13H2,1-2H3. The Bertz CT molecular complexity index is 561. The van der Waals surface area contributed by atoms with Crippen LogP contribution in [-0.4, -0.2) is 34.0 Å². The lowest BCUT2D eigenvalue weighted by Gasteiger charge is -2.20. The predicted octanol–water partition coefficient (Wildman–Crippen LogP) is 0.498. The van der Waals surface area contributed by atoms with E-state index in [0.29, 0.717) is 18.7 Å². The fourth-order valence-corrected chi connectivity index (χ4v) is 2.16. The molecule has 0 saturated heterocycles. The molecular weight excluding hydrogens is 250 g/mol. The van der Waals surface area contributed by atoms with Gasteiger partial charge < -0.3 is 10.6 Å². The zero-order valence-corrected chi connectivity index (χ0v) is 11.4. The van der Waals surface area contributed by atoms with E-state index in [1.807, 2.05) is 6.07 Å². The fourth-order valence-electron chi connectivity index (χ4n) is 1.56. The number of nitriles is 1. The van der Waals surface area contributed by atoms with Crippen molar-refractivity contribution in [1.29, 1.82) is 5.26 Å². The Hall–Kier alpha value is -1.58. The van der Waals surface area contributed by atoms with E-state index in [1.165, 1.54) is 6.26 Å². The monoisotopic (exact) mass is 267 g/mol. The number of nitrogens with two attached hydrogens (primary N) is 1. The van der Waals surface area contributed by atoms with Gasteiger partial charge in [0.2, 0.25) is 0 Å². The van der Waals surface area contributed by atoms with E-state index in [0.717, 1.165) is 11.3 Å². The molecule has 1 rings (SSSR count). The van der Waals surface area contributed by atoms with Crippen molar-refractivity contribution in [2.75, 3.05) is 30.5 Å².